The van der Waals surface area contributed by atoms with Crippen LogP contribution in [0.4, 0.5) is 5.69 Å². The molecule has 106 valence electrons. The first-order chi connectivity index (χ1) is 8.95. The molecular formula is C11H17N3O5. The molecule has 0 saturated heterocycles. The van der Waals surface area contributed by atoms with Crippen molar-refractivity contribution in [2.75, 3.05) is 20.3 Å². The first-order valence-corrected chi connectivity index (χ1v) is 5.71. The molecule has 0 fully saturated rings. The number of amides is 1. The second kappa shape index (κ2) is 6.86. The van der Waals surface area contributed by atoms with Gasteiger partial charge in [-0.3, -0.25) is 14.9 Å². The summed E-state index contributed by atoms with van der Waals surface area (Å²) in [7, 11) is 3.03. The van der Waals surface area contributed by atoms with Crippen molar-refractivity contribution in [2.24, 2.45) is 7.05 Å². The monoisotopic (exact) mass is 271 g/mol. The number of ether oxygens (including phenoxy) is 1. The van der Waals surface area contributed by atoms with Crippen molar-refractivity contribution < 1.29 is 19.6 Å². The summed E-state index contributed by atoms with van der Waals surface area (Å²) in [6.45, 7) is 0.466. The van der Waals surface area contributed by atoms with E-state index in [-0.39, 0.29) is 24.5 Å². The van der Waals surface area contributed by atoms with Gasteiger partial charge in [0.05, 0.1) is 23.8 Å². The highest BCUT2D eigenvalue weighted by Gasteiger charge is 2.17. The molecule has 1 heterocycles. The fraction of sp³-hybridized carbons (Fsp3) is 0.545. The lowest BCUT2D eigenvalue weighted by Gasteiger charge is -2.10. The molecule has 0 aromatic carbocycles. The molecule has 0 bridgehead atoms. The second-order valence-corrected chi connectivity index (χ2v) is 4.11. The third-order valence-electron chi connectivity index (χ3n) is 2.56. The SMILES string of the molecule is COCC(O)CCNC(=O)c1cc([N+](=O)[O-])cn1C. The molecule has 1 atom stereocenters. The van der Waals surface area contributed by atoms with Gasteiger partial charge in [0.25, 0.3) is 11.6 Å². The van der Waals surface area contributed by atoms with Gasteiger partial charge < -0.3 is 19.7 Å². The molecule has 8 nitrogen and oxygen atoms in total. The average Bonchev–Trinajstić information content (AvgIpc) is 2.72. The Morgan fingerprint density at radius 3 is 2.89 bits per heavy atom. The smallest absolute Gasteiger partial charge is 0.287 e. The molecule has 2 N–H and O–H groups in total. The Balaban J connectivity index is 2.52. The fourth-order valence-corrected chi connectivity index (χ4v) is 1.59. The minimum atomic E-state index is -0.645. The summed E-state index contributed by atoms with van der Waals surface area (Å²) >= 11 is 0. The lowest BCUT2D eigenvalue weighted by Crippen LogP contribution is -2.29. The summed E-state index contributed by atoms with van der Waals surface area (Å²) in [5, 5.41) is 22.6. The summed E-state index contributed by atoms with van der Waals surface area (Å²) in [4.78, 5) is 21.8. The van der Waals surface area contributed by atoms with Gasteiger partial charge in [-0.05, 0) is 6.42 Å². The van der Waals surface area contributed by atoms with E-state index in [0.29, 0.717) is 6.42 Å². The highest BCUT2D eigenvalue weighted by Crippen LogP contribution is 2.14. The average molecular weight is 271 g/mol. The topological polar surface area (TPSA) is 107 Å². The predicted molar refractivity (Wildman–Crippen MR) is 66.9 cm³/mol. The second-order valence-electron chi connectivity index (χ2n) is 4.11. The van der Waals surface area contributed by atoms with Crippen LogP contribution in [0.5, 0.6) is 0 Å². The Kier molecular flexibility index (Phi) is 5.46. The standard InChI is InChI=1S/C11H17N3O5/c1-13-6-8(14(17)18)5-10(13)11(16)12-4-3-9(15)7-19-2/h5-6,9,15H,3-4,7H2,1-2H3,(H,12,16). The number of nitrogens with one attached hydrogen (secondary N) is 1. The molecule has 1 aromatic heterocycles. The van der Waals surface area contributed by atoms with Crippen LogP contribution in [0.15, 0.2) is 12.3 Å². The van der Waals surface area contributed by atoms with Crippen LogP contribution in [-0.2, 0) is 11.8 Å². The first-order valence-electron chi connectivity index (χ1n) is 5.71. The number of aliphatic hydroxyl groups excluding tert-OH is 1. The Bertz CT molecular complexity index is 457. The Hall–Kier alpha value is -1.93. The third kappa shape index (κ3) is 4.34. The molecule has 0 saturated carbocycles. The van der Waals surface area contributed by atoms with Crippen molar-refractivity contribution >= 4 is 11.6 Å². The van der Waals surface area contributed by atoms with Crippen LogP contribution >= 0.6 is 0 Å². The number of rotatable bonds is 7. The summed E-state index contributed by atoms with van der Waals surface area (Å²) in [5.74, 6) is -0.416. The van der Waals surface area contributed by atoms with Crippen LogP contribution < -0.4 is 5.32 Å². The summed E-state index contributed by atoms with van der Waals surface area (Å²) < 4.78 is 6.14. The van der Waals surface area contributed by atoms with Gasteiger partial charge >= 0.3 is 0 Å². The van der Waals surface area contributed by atoms with Crippen molar-refractivity contribution in [1.82, 2.24) is 9.88 Å². The zero-order valence-electron chi connectivity index (χ0n) is 10.8. The number of methoxy groups -OCH3 is 1. The Labute approximate surface area is 110 Å². The molecule has 8 heteroatoms. The van der Waals surface area contributed by atoms with Gasteiger partial charge in [-0.1, -0.05) is 0 Å². The zero-order valence-corrected chi connectivity index (χ0v) is 10.8. The van der Waals surface area contributed by atoms with Gasteiger partial charge in [-0.15, -0.1) is 0 Å². The summed E-state index contributed by atoms with van der Waals surface area (Å²) in [5.41, 5.74) is 0.0694. The van der Waals surface area contributed by atoms with E-state index in [1.54, 1.807) is 7.05 Å². The Morgan fingerprint density at radius 1 is 1.68 bits per heavy atom. The van der Waals surface area contributed by atoms with E-state index in [1.165, 1.54) is 23.9 Å². The maximum atomic E-state index is 11.8. The minimum absolute atomic E-state index is 0.132. The number of aryl methyl sites for hydroxylation is 1. The lowest BCUT2D eigenvalue weighted by molar-refractivity contribution is -0.384. The van der Waals surface area contributed by atoms with Crippen LogP contribution in [0.3, 0.4) is 0 Å². The molecule has 0 radical (unpaired) electrons. The third-order valence-corrected chi connectivity index (χ3v) is 2.56. The molecule has 0 aliphatic carbocycles. The summed E-state index contributed by atoms with van der Waals surface area (Å²) in [6.07, 6.45) is 0.980. The van der Waals surface area contributed by atoms with E-state index in [4.69, 9.17) is 4.74 Å². The number of carbonyl (C=O) groups is 1. The fourth-order valence-electron chi connectivity index (χ4n) is 1.59. The van der Waals surface area contributed by atoms with E-state index >= 15 is 0 Å². The zero-order chi connectivity index (χ0) is 14.4. The van der Waals surface area contributed by atoms with Gasteiger partial charge in [0.2, 0.25) is 0 Å². The van der Waals surface area contributed by atoms with E-state index in [9.17, 15) is 20.0 Å². The van der Waals surface area contributed by atoms with E-state index < -0.39 is 16.9 Å². The van der Waals surface area contributed by atoms with E-state index in [1.807, 2.05) is 0 Å². The van der Waals surface area contributed by atoms with Gasteiger partial charge in [-0.2, -0.15) is 0 Å². The molecule has 0 spiro atoms. The van der Waals surface area contributed by atoms with Crippen molar-refractivity contribution in [3.8, 4) is 0 Å². The number of aliphatic hydroxyl groups is 1. The van der Waals surface area contributed by atoms with Crippen LogP contribution in [-0.4, -0.2) is 46.9 Å². The van der Waals surface area contributed by atoms with Crippen molar-refractivity contribution in [2.45, 2.75) is 12.5 Å². The molecule has 0 aliphatic heterocycles. The van der Waals surface area contributed by atoms with E-state index in [0.717, 1.165) is 0 Å². The quantitative estimate of drug-likeness (QED) is 0.538. The van der Waals surface area contributed by atoms with Crippen LogP contribution in [0.25, 0.3) is 0 Å². The molecule has 0 aliphatic rings. The Morgan fingerprint density at radius 2 is 2.37 bits per heavy atom. The number of nitrogens with zero attached hydrogens (tertiary/aromatic N) is 2. The number of hydrogen-bond donors (Lipinski definition) is 2. The minimum Gasteiger partial charge on any atom is -0.391 e. The lowest BCUT2D eigenvalue weighted by atomic mass is 10.2. The van der Waals surface area contributed by atoms with Gasteiger partial charge in [0, 0.05) is 26.8 Å². The molecule has 1 rings (SSSR count). The highest BCUT2D eigenvalue weighted by atomic mass is 16.6. The van der Waals surface area contributed by atoms with Crippen LogP contribution in [0, 0.1) is 10.1 Å². The highest BCUT2D eigenvalue weighted by molar-refractivity contribution is 5.93. The molecule has 1 unspecified atom stereocenters. The number of hydrogen-bond acceptors (Lipinski definition) is 5. The molecule has 1 amide bonds. The molecule has 1 aromatic rings. The molecule has 19 heavy (non-hydrogen) atoms. The normalized spacial score (nSPS) is 12.2. The maximum Gasteiger partial charge on any atom is 0.287 e. The number of carbonyl (C=O) groups excluding carboxylic acids is 1. The number of nitro groups is 1. The van der Waals surface area contributed by atoms with Gasteiger partial charge in [0.15, 0.2) is 0 Å². The summed E-state index contributed by atoms with van der Waals surface area (Å²) in [6, 6.07) is 1.21. The van der Waals surface area contributed by atoms with Gasteiger partial charge in [-0.25, -0.2) is 0 Å². The van der Waals surface area contributed by atoms with Crippen LogP contribution in [0.2, 0.25) is 0 Å². The van der Waals surface area contributed by atoms with E-state index in [2.05, 4.69) is 5.32 Å². The molecular weight excluding hydrogens is 254 g/mol. The van der Waals surface area contributed by atoms with Crippen molar-refractivity contribution in [1.29, 1.82) is 0 Å². The van der Waals surface area contributed by atoms with Crippen molar-refractivity contribution in [3.05, 3.63) is 28.1 Å². The largest absolute Gasteiger partial charge is 0.391 e. The maximum absolute atomic E-state index is 11.8. The number of aromatic nitrogens is 1. The predicted octanol–water partition coefficient (Wildman–Crippen LogP) is 0.0605. The van der Waals surface area contributed by atoms with Crippen LogP contribution in [0.1, 0.15) is 16.9 Å². The van der Waals surface area contributed by atoms with Gasteiger partial charge in [0.1, 0.15) is 5.69 Å². The first kappa shape index (κ1) is 15.1. The van der Waals surface area contributed by atoms with Crippen molar-refractivity contribution in [3.63, 3.8) is 0 Å².